The monoisotopic (exact) mass is 442 g/mol. The third-order valence-electron chi connectivity index (χ3n) is 5.35. The van der Waals surface area contributed by atoms with E-state index in [9.17, 15) is 14.7 Å². The summed E-state index contributed by atoms with van der Waals surface area (Å²) in [7, 11) is 3.04. The van der Waals surface area contributed by atoms with Gasteiger partial charge in [0.25, 0.3) is 0 Å². The molecule has 1 aliphatic heterocycles. The number of carbonyl (C=O) groups is 2. The van der Waals surface area contributed by atoms with Gasteiger partial charge < -0.3 is 29.5 Å². The van der Waals surface area contributed by atoms with Gasteiger partial charge in [-0.1, -0.05) is 36.4 Å². The van der Waals surface area contributed by atoms with Gasteiger partial charge in [-0.3, -0.25) is 9.59 Å². The van der Waals surface area contributed by atoms with Gasteiger partial charge >= 0.3 is 0 Å². The van der Waals surface area contributed by atoms with Gasteiger partial charge in [0.15, 0.2) is 11.5 Å². The Hall–Kier alpha value is -3.26. The number of nitrogens with one attached hydrogen (secondary N) is 1. The van der Waals surface area contributed by atoms with E-state index in [1.54, 1.807) is 23.1 Å². The number of benzene rings is 2. The molecule has 2 amide bonds. The average Bonchev–Trinajstić information content (AvgIpc) is 2.83. The number of rotatable bonds is 10. The molecule has 8 nitrogen and oxygen atoms in total. The quantitative estimate of drug-likeness (QED) is 0.586. The second-order valence-electron chi connectivity index (χ2n) is 7.56. The van der Waals surface area contributed by atoms with Crippen molar-refractivity contribution in [1.82, 2.24) is 10.2 Å². The van der Waals surface area contributed by atoms with E-state index in [2.05, 4.69) is 5.32 Å². The van der Waals surface area contributed by atoms with E-state index in [0.717, 1.165) is 18.4 Å². The summed E-state index contributed by atoms with van der Waals surface area (Å²) < 4.78 is 16.3. The van der Waals surface area contributed by atoms with Gasteiger partial charge in [0, 0.05) is 19.5 Å². The lowest BCUT2D eigenvalue weighted by Gasteiger charge is -2.34. The molecule has 0 radical (unpaired) electrons. The van der Waals surface area contributed by atoms with Crippen LogP contribution in [0.15, 0.2) is 48.5 Å². The molecule has 2 aromatic rings. The smallest absolute Gasteiger partial charge is 0.247 e. The number of nitrogens with zero attached hydrogens (tertiary/aromatic N) is 1. The van der Waals surface area contributed by atoms with E-state index in [-0.39, 0.29) is 25.0 Å². The van der Waals surface area contributed by atoms with Crippen LogP contribution in [0.2, 0.25) is 0 Å². The van der Waals surface area contributed by atoms with Crippen LogP contribution in [0.1, 0.15) is 30.9 Å². The van der Waals surface area contributed by atoms with Crippen molar-refractivity contribution in [2.24, 2.45) is 0 Å². The highest BCUT2D eigenvalue weighted by Gasteiger charge is 2.32. The molecule has 1 saturated heterocycles. The summed E-state index contributed by atoms with van der Waals surface area (Å²) in [5.41, 5.74) is 0.741. The van der Waals surface area contributed by atoms with E-state index in [4.69, 9.17) is 14.2 Å². The van der Waals surface area contributed by atoms with Crippen LogP contribution in [0.5, 0.6) is 17.2 Å². The predicted molar refractivity (Wildman–Crippen MR) is 119 cm³/mol. The van der Waals surface area contributed by atoms with Gasteiger partial charge in [-0.05, 0) is 30.5 Å². The normalized spacial score (nSPS) is 15.6. The molecule has 0 aromatic heterocycles. The topological polar surface area (TPSA) is 97.3 Å². The van der Waals surface area contributed by atoms with E-state index in [0.29, 0.717) is 30.2 Å². The Morgan fingerprint density at radius 1 is 1.06 bits per heavy atom. The lowest BCUT2D eigenvalue weighted by molar-refractivity contribution is -0.143. The van der Waals surface area contributed by atoms with E-state index < -0.39 is 12.1 Å². The van der Waals surface area contributed by atoms with Gasteiger partial charge in [0.05, 0.1) is 14.2 Å². The highest BCUT2D eigenvalue weighted by atomic mass is 16.5. The molecule has 0 spiro atoms. The largest absolute Gasteiger partial charge is 0.493 e. The number of hydrogen-bond donors (Lipinski definition) is 2. The molecule has 2 N–H and O–H groups in total. The van der Waals surface area contributed by atoms with Gasteiger partial charge in [0.2, 0.25) is 17.6 Å². The number of para-hydroxylation sites is 1. The van der Waals surface area contributed by atoms with Crippen molar-refractivity contribution < 1.29 is 28.9 Å². The Bertz CT molecular complexity index is 882. The lowest BCUT2D eigenvalue weighted by atomic mass is 10.0. The second kappa shape index (κ2) is 11.4. The minimum absolute atomic E-state index is 0.0261. The molecule has 2 unspecified atom stereocenters. The fourth-order valence-corrected chi connectivity index (χ4v) is 3.72. The molecule has 1 fully saturated rings. The molecule has 3 rings (SSSR count). The first-order chi connectivity index (χ1) is 15.5. The maximum atomic E-state index is 13.1. The van der Waals surface area contributed by atoms with E-state index >= 15 is 0 Å². The number of likely N-dealkylation sites (tertiary alicyclic amines) is 1. The van der Waals surface area contributed by atoms with Crippen molar-refractivity contribution in [2.75, 3.05) is 33.9 Å². The average molecular weight is 443 g/mol. The first-order valence-corrected chi connectivity index (χ1v) is 10.7. The standard InChI is InChI=1S/C24H30N2O6/c1-30-19-11-8-12-20(31-2)23(19)32-16-18(27)15-25-24(29)22(17-9-4-3-5-10-17)26-14-7-6-13-21(26)28/h3-5,8-12,18,22,27H,6-7,13-16H2,1-2H3,(H,25,29). The van der Waals surface area contributed by atoms with Gasteiger partial charge in [0.1, 0.15) is 18.8 Å². The third-order valence-corrected chi connectivity index (χ3v) is 5.35. The van der Waals surface area contributed by atoms with Crippen molar-refractivity contribution >= 4 is 11.8 Å². The molecule has 0 saturated carbocycles. The number of amides is 2. The number of hydrogen-bond acceptors (Lipinski definition) is 6. The van der Waals surface area contributed by atoms with Crippen molar-refractivity contribution in [3.63, 3.8) is 0 Å². The first kappa shape index (κ1) is 23.4. The molecular formula is C24H30N2O6. The Kier molecular flexibility index (Phi) is 8.33. The fourth-order valence-electron chi connectivity index (χ4n) is 3.72. The zero-order valence-electron chi connectivity index (χ0n) is 18.5. The molecule has 2 aromatic carbocycles. The number of methoxy groups -OCH3 is 2. The van der Waals surface area contributed by atoms with Gasteiger partial charge in [-0.2, -0.15) is 0 Å². The zero-order chi connectivity index (χ0) is 22.9. The molecular weight excluding hydrogens is 412 g/mol. The van der Waals surface area contributed by atoms with Crippen LogP contribution in [0, 0.1) is 0 Å². The summed E-state index contributed by atoms with van der Waals surface area (Å²) in [5.74, 6) is 0.971. The number of piperidine rings is 1. The van der Waals surface area contributed by atoms with Crippen LogP contribution in [0.4, 0.5) is 0 Å². The second-order valence-corrected chi connectivity index (χ2v) is 7.56. The van der Waals surface area contributed by atoms with E-state index in [1.165, 1.54) is 14.2 Å². The number of ether oxygens (including phenoxy) is 3. The van der Waals surface area contributed by atoms with Crippen LogP contribution < -0.4 is 19.5 Å². The van der Waals surface area contributed by atoms with Crippen molar-refractivity contribution in [3.05, 3.63) is 54.1 Å². The molecule has 172 valence electrons. The van der Waals surface area contributed by atoms with Crippen molar-refractivity contribution in [1.29, 1.82) is 0 Å². The Morgan fingerprint density at radius 3 is 2.38 bits per heavy atom. The highest BCUT2D eigenvalue weighted by Crippen LogP contribution is 2.36. The number of aliphatic hydroxyl groups is 1. The lowest BCUT2D eigenvalue weighted by Crippen LogP contribution is -2.47. The molecule has 32 heavy (non-hydrogen) atoms. The summed E-state index contributed by atoms with van der Waals surface area (Å²) in [4.78, 5) is 27.2. The fraction of sp³-hybridized carbons (Fsp3) is 0.417. The molecule has 1 heterocycles. The molecule has 2 atom stereocenters. The number of carbonyl (C=O) groups excluding carboxylic acids is 2. The Morgan fingerprint density at radius 2 is 1.75 bits per heavy atom. The van der Waals surface area contributed by atoms with Crippen LogP contribution in [-0.4, -0.2) is 61.8 Å². The van der Waals surface area contributed by atoms with Crippen molar-refractivity contribution in [3.8, 4) is 17.2 Å². The summed E-state index contributed by atoms with van der Waals surface area (Å²) >= 11 is 0. The highest BCUT2D eigenvalue weighted by molar-refractivity contribution is 5.89. The summed E-state index contributed by atoms with van der Waals surface area (Å²) in [6.07, 6.45) is 1.16. The summed E-state index contributed by atoms with van der Waals surface area (Å²) in [6, 6.07) is 13.7. The van der Waals surface area contributed by atoms with Crippen LogP contribution in [0.25, 0.3) is 0 Å². The predicted octanol–water partition coefficient (Wildman–Crippen LogP) is 2.31. The van der Waals surface area contributed by atoms with Gasteiger partial charge in [-0.15, -0.1) is 0 Å². The first-order valence-electron chi connectivity index (χ1n) is 10.7. The van der Waals surface area contributed by atoms with Crippen LogP contribution in [0.3, 0.4) is 0 Å². The third kappa shape index (κ3) is 5.70. The molecule has 8 heteroatoms. The minimum atomic E-state index is -0.970. The Labute approximate surface area is 188 Å². The molecule has 0 aliphatic carbocycles. The molecule has 1 aliphatic rings. The van der Waals surface area contributed by atoms with Crippen LogP contribution in [-0.2, 0) is 9.59 Å². The van der Waals surface area contributed by atoms with E-state index in [1.807, 2.05) is 30.3 Å². The van der Waals surface area contributed by atoms with Crippen molar-refractivity contribution in [2.45, 2.75) is 31.4 Å². The SMILES string of the molecule is COc1cccc(OC)c1OCC(O)CNC(=O)C(c1ccccc1)N1CCCCC1=O. The summed E-state index contributed by atoms with van der Waals surface area (Å²) in [6.45, 7) is 0.433. The van der Waals surface area contributed by atoms with Gasteiger partial charge in [-0.25, -0.2) is 0 Å². The minimum Gasteiger partial charge on any atom is -0.493 e. The van der Waals surface area contributed by atoms with Crippen LogP contribution >= 0.6 is 0 Å². The number of aliphatic hydroxyl groups excluding tert-OH is 1. The maximum Gasteiger partial charge on any atom is 0.247 e. The Balaban J connectivity index is 1.63. The summed E-state index contributed by atoms with van der Waals surface area (Å²) in [5, 5.41) is 13.2. The molecule has 0 bridgehead atoms. The zero-order valence-corrected chi connectivity index (χ0v) is 18.5. The maximum absolute atomic E-state index is 13.1.